The Morgan fingerprint density at radius 3 is 2.37 bits per heavy atom. The molecule has 0 amide bonds. The first-order valence-electron chi connectivity index (χ1n) is 6.74. The molecule has 1 heterocycles. The Balaban J connectivity index is 2.05. The lowest BCUT2D eigenvalue weighted by molar-refractivity contribution is 0.218. The molecule has 0 atom stereocenters. The lowest BCUT2D eigenvalue weighted by Crippen LogP contribution is -2.47. The highest BCUT2D eigenvalue weighted by Crippen LogP contribution is 2.30. The molecule has 4 heteroatoms. The summed E-state index contributed by atoms with van der Waals surface area (Å²) in [6.07, 6.45) is 0. The van der Waals surface area contributed by atoms with Crippen molar-refractivity contribution in [3.8, 4) is 11.5 Å². The standard InChI is InChI=1S/C15H24N2O2/c1-11-5-14(18-3)15(19-4)6-13(11)10-17(2)9-12-7-16-8-12/h5-6,12,16H,7-10H2,1-4H3. The smallest absolute Gasteiger partial charge is 0.161 e. The highest BCUT2D eigenvalue weighted by molar-refractivity contribution is 5.47. The van der Waals surface area contributed by atoms with Gasteiger partial charge in [0.25, 0.3) is 0 Å². The average Bonchev–Trinajstić information content (AvgIpc) is 2.35. The van der Waals surface area contributed by atoms with Gasteiger partial charge in [-0.2, -0.15) is 0 Å². The van der Waals surface area contributed by atoms with Gasteiger partial charge < -0.3 is 19.7 Å². The van der Waals surface area contributed by atoms with E-state index >= 15 is 0 Å². The number of hydrogen-bond donors (Lipinski definition) is 1. The van der Waals surface area contributed by atoms with Gasteiger partial charge in [-0.15, -0.1) is 0 Å². The third-order valence-corrected chi connectivity index (χ3v) is 3.72. The Kier molecular flexibility index (Phi) is 4.66. The fraction of sp³-hybridized carbons (Fsp3) is 0.600. The molecule has 1 saturated heterocycles. The van der Waals surface area contributed by atoms with Crippen LogP contribution in [0.2, 0.25) is 0 Å². The van der Waals surface area contributed by atoms with Gasteiger partial charge in [0.2, 0.25) is 0 Å². The molecule has 0 saturated carbocycles. The summed E-state index contributed by atoms with van der Waals surface area (Å²) in [7, 11) is 5.53. The van der Waals surface area contributed by atoms with Crippen molar-refractivity contribution in [3.05, 3.63) is 23.3 Å². The molecule has 0 radical (unpaired) electrons. The lowest BCUT2D eigenvalue weighted by atomic mass is 10.0. The second-order valence-corrected chi connectivity index (χ2v) is 5.35. The van der Waals surface area contributed by atoms with Crippen molar-refractivity contribution in [3.63, 3.8) is 0 Å². The van der Waals surface area contributed by atoms with Gasteiger partial charge in [0.15, 0.2) is 11.5 Å². The Labute approximate surface area is 115 Å². The number of ether oxygens (including phenoxy) is 2. The molecule has 4 nitrogen and oxygen atoms in total. The molecule has 0 spiro atoms. The summed E-state index contributed by atoms with van der Waals surface area (Å²) in [6.45, 7) is 6.50. The minimum atomic E-state index is 0.797. The van der Waals surface area contributed by atoms with Crippen molar-refractivity contribution in [2.24, 2.45) is 5.92 Å². The fourth-order valence-corrected chi connectivity index (χ4v) is 2.47. The second kappa shape index (κ2) is 6.26. The van der Waals surface area contributed by atoms with Crippen molar-refractivity contribution < 1.29 is 9.47 Å². The highest BCUT2D eigenvalue weighted by Gasteiger charge is 2.19. The van der Waals surface area contributed by atoms with Crippen LogP contribution in [0.15, 0.2) is 12.1 Å². The predicted octanol–water partition coefficient (Wildman–Crippen LogP) is 1.66. The summed E-state index contributed by atoms with van der Waals surface area (Å²) < 4.78 is 10.7. The van der Waals surface area contributed by atoms with Crippen LogP contribution < -0.4 is 14.8 Å². The molecule has 106 valence electrons. The summed E-state index contributed by atoms with van der Waals surface area (Å²) in [5.74, 6) is 2.40. The second-order valence-electron chi connectivity index (χ2n) is 5.35. The number of aryl methyl sites for hydroxylation is 1. The summed E-state index contributed by atoms with van der Waals surface area (Å²) in [4.78, 5) is 2.37. The molecular formula is C15H24N2O2. The van der Waals surface area contributed by atoms with Crippen LogP contribution in [0.4, 0.5) is 0 Å². The van der Waals surface area contributed by atoms with Crippen LogP contribution in [0, 0.1) is 12.8 Å². The number of hydrogen-bond acceptors (Lipinski definition) is 4. The van der Waals surface area contributed by atoms with Gasteiger partial charge in [0.05, 0.1) is 14.2 Å². The Morgan fingerprint density at radius 1 is 1.21 bits per heavy atom. The maximum Gasteiger partial charge on any atom is 0.161 e. The molecule has 1 aromatic rings. The zero-order valence-electron chi connectivity index (χ0n) is 12.3. The molecule has 1 aromatic carbocycles. The van der Waals surface area contributed by atoms with Crippen molar-refractivity contribution in [1.82, 2.24) is 10.2 Å². The van der Waals surface area contributed by atoms with E-state index in [0.717, 1.165) is 43.6 Å². The van der Waals surface area contributed by atoms with Crippen LogP contribution >= 0.6 is 0 Å². The molecule has 1 N–H and O–H groups in total. The predicted molar refractivity (Wildman–Crippen MR) is 77.0 cm³/mol. The summed E-state index contributed by atoms with van der Waals surface area (Å²) >= 11 is 0. The molecule has 1 aliphatic heterocycles. The number of nitrogens with one attached hydrogen (secondary N) is 1. The Bertz CT molecular complexity index is 430. The first-order valence-corrected chi connectivity index (χ1v) is 6.74. The SMILES string of the molecule is COc1cc(C)c(CN(C)CC2CNC2)cc1OC. The van der Waals surface area contributed by atoms with E-state index < -0.39 is 0 Å². The topological polar surface area (TPSA) is 33.7 Å². The van der Waals surface area contributed by atoms with Gasteiger partial charge in [-0.05, 0) is 43.1 Å². The van der Waals surface area contributed by atoms with Crippen LogP contribution in [0.3, 0.4) is 0 Å². The maximum absolute atomic E-state index is 5.37. The van der Waals surface area contributed by atoms with E-state index in [2.05, 4.69) is 30.3 Å². The molecule has 0 aromatic heterocycles. The van der Waals surface area contributed by atoms with Crippen molar-refractivity contribution in [1.29, 1.82) is 0 Å². The maximum atomic E-state index is 5.37. The largest absolute Gasteiger partial charge is 0.493 e. The number of methoxy groups -OCH3 is 2. The van der Waals surface area contributed by atoms with E-state index in [-0.39, 0.29) is 0 Å². The Morgan fingerprint density at radius 2 is 1.84 bits per heavy atom. The average molecular weight is 264 g/mol. The first-order chi connectivity index (χ1) is 9.13. The van der Waals surface area contributed by atoms with Crippen LogP contribution in [0.1, 0.15) is 11.1 Å². The van der Waals surface area contributed by atoms with E-state index in [9.17, 15) is 0 Å². The van der Waals surface area contributed by atoms with Gasteiger partial charge in [-0.3, -0.25) is 0 Å². The first kappa shape index (κ1) is 14.2. The monoisotopic (exact) mass is 264 g/mol. The third-order valence-electron chi connectivity index (χ3n) is 3.72. The molecule has 0 aliphatic carbocycles. The fourth-order valence-electron chi connectivity index (χ4n) is 2.47. The molecule has 1 fully saturated rings. The van der Waals surface area contributed by atoms with Gasteiger partial charge in [0, 0.05) is 26.2 Å². The van der Waals surface area contributed by atoms with Crippen LogP contribution in [-0.2, 0) is 6.54 Å². The van der Waals surface area contributed by atoms with Gasteiger partial charge in [-0.25, -0.2) is 0 Å². The normalized spacial score (nSPS) is 15.4. The molecule has 1 aliphatic rings. The zero-order valence-corrected chi connectivity index (χ0v) is 12.3. The minimum Gasteiger partial charge on any atom is -0.493 e. The number of benzene rings is 1. The lowest BCUT2D eigenvalue weighted by Gasteiger charge is -2.31. The minimum absolute atomic E-state index is 0.797. The van der Waals surface area contributed by atoms with Gasteiger partial charge in [0.1, 0.15) is 0 Å². The van der Waals surface area contributed by atoms with Crippen molar-refractivity contribution >= 4 is 0 Å². The van der Waals surface area contributed by atoms with Crippen molar-refractivity contribution in [2.45, 2.75) is 13.5 Å². The molecule has 2 rings (SSSR count). The summed E-state index contributed by atoms with van der Waals surface area (Å²) in [5, 5.41) is 3.31. The van der Waals surface area contributed by atoms with Crippen LogP contribution in [0.25, 0.3) is 0 Å². The summed E-state index contributed by atoms with van der Waals surface area (Å²) in [6, 6.07) is 4.14. The molecule has 0 bridgehead atoms. The van der Waals surface area contributed by atoms with E-state index in [1.807, 2.05) is 6.07 Å². The van der Waals surface area contributed by atoms with Gasteiger partial charge >= 0.3 is 0 Å². The highest BCUT2D eigenvalue weighted by atomic mass is 16.5. The van der Waals surface area contributed by atoms with E-state index in [4.69, 9.17) is 9.47 Å². The molecule has 0 unspecified atom stereocenters. The quantitative estimate of drug-likeness (QED) is 0.847. The summed E-state index contributed by atoms with van der Waals surface area (Å²) in [5.41, 5.74) is 2.55. The Hall–Kier alpha value is -1.26. The van der Waals surface area contributed by atoms with E-state index in [1.54, 1.807) is 14.2 Å². The molecular weight excluding hydrogens is 240 g/mol. The van der Waals surface area contributed by atoms with Crippen LogP contribution in [0.5, 0.6) is 11.5 Å². The zero-order chi connectivity index (χ0) is 13.8. The van der Waals surface area contributed by atoms with Gasteiger partial charge in [-0.1, -0.05) is 0 Å². The van der Waals surface area contributed by atoms with E-state index in [1.165, 1.54) is 11.1 Å². The van der Waals surface area contributed by atoms with E-state index in [0.29, 0.717) is 0 Å². The molecule has 19 heavy (non-hydrogen) atoms. The number of rotatable bonds is 6. The van der Waals surface area contributed by atoms with Crippen LogP contribution in [-0.4, -0.2) is 45.8 Å². The third kappa shape index (κ3) is 3.39. The van der Waals surface area contributed by atoms with Crippen molar-refractivity contribution in [2.75, 3.05) is 40.9 Å². The number of nitrogens with zero attached hydrogens (tertiary/aromatic N) is 1.